The fraction of sp³-hybridized carbons (Fsp3) is 0. The molecule has 2 aromatic heterocycles. The van der Waals surface area contributed by atoms with Crippen LogP contribution in [-0.4, -0.2) is 11.7 Å². The Morgan fingerprint density at radius 1 is 0.537 bits per heavy atom. The maximum Gasteiger partial charge on any atom is 0.633 e. The van der Waals surface area contributed by atoms with Crippen LogP contribution in [0.15, 0.2) is 121 Å². The van der Waals surface area contributed by atoms with Gasteiger partial charge in [0.15, 0.2) is 0 Å². The van der Waals surface area contributed by atoms with E-state index in [1.54, 1.807) is 0 Å². The van der Waals surface area contributed by atoms with E-state index in [0.29, 0.717) is 0 Å². The van der Waals surface area contributed by atoms with Crippen molar-refractivity contribution in [2.24, 2.45) is 0 Å². The second-order valence-corrected chi connectivity index (χ2v) is 11.9. The minimum Gasteiger partial charge on any atom is -0.521 e. The third kappa shape index (κ3) is 2.83. The Morgan fingerprint density at radius 3 is 1.93 bits per heavy atom. The zero-order valence-corrected chi connectivity index (χ0v) is 22.6. The fourth-order valence-corrected chi connectivity index (χ4v) is 8.20. The summed E-state index contributed by atoms with van der Waals surface area (Å²) in [5, 5.41) is 5.23. The third-order valence-electron chi connectivity index (χ3n) is 8.66. The Balaban J connectivity index is 1.35. The number of para-hydroxylation sites is 3. The van der Waals surface area contributed by atoms with Gasteiger partial charge in [0.1, 0.15) is 11.5 Å². The Hall–Kier alpha value is -5.00. The summed E-state index contributed by atoms with van der Waals surface area (Å²) < 4.78 is 17.9. The smallest absolute Gasteiger partial charge is 0.521 e. The van der Waals surface area contributed by atoms with Crippen molar-refractivity contribution in [2.45, 2.75) is 0 Å². The summed E-state index contributed by atoms with van der Waals surface area (Å²) >= 11 is 1.89. The first-order valence-corrected chi connectivity index (χ1v) is 14.7. The highest BCUT2D eigenvalue weighted by Crippen LogP contribution is 2.46. The lowest BCUT2D eigenvalue weighted by Crippen LogP contribution is -2.49. The van der Waals surface area contributed by atoms with Crippen LogP contribution < -0.4 is 14.8 Å². The molecule has 2 aliphatic rings. The summed E-state index contributed by atoms with van der Waals surface area (Å²) in [4.78, 5) is 0. The molecule has 10 rings (SSSR count). The van der Waals surface area contributed by atoms with Gasteiger partial charge in [0, 0.05) is 53.2 Å². The minimum atomic E-state index is -0.477. The topological polar surface area (TPSA) is 23.4 Å². The first-order valence-electron chi connectivity index (χ1n) is 13.9. The van der Waals surface area contributed by atoms with E-state index < -0.39 is 7.12 Å². The molecule has 0 saturated carbocycles. The van der Waals surface area contributed by atoms with Crippen LogP contribution in [-0.2, 0) is 0 Å². The zero-order valence-electron chi connectivity index (χ0n) is 21.8. The molecular weight excluding hydrogens is 521 g/mol. The van der Waals surface area contributed by atoms with Gasteiger partial charge in [0.05, 0.1) is 11.0 Å². The molecule has 4 heterocycles. The molecule has 0 spiro atoms. The number of rotatable bonds is 1. The van der Waals surface area contributed by atoms with Gasteiger partial charge < -0.3 is 13.9 Å². The Labute approximate surface area is 239 Å². The molecule has 0 aliphatic carbocycles. The van der Waals surface area contributed by atoms with Gasteiger partial charge in [0.25, 0.3) is 0 Å². The molecule has 0 bridgehead atoms. The number of hydrogen-bond donors (Lipinski definition) is 0. The van der Waals surface area contributed by atoms with E-state index in [0.717, 1.165) is 44.9 Å². The van der Waals surface area contributed by atoms with Crippen molar-refractivity contribution in [2.75, 3.05) is 0 Å². The van der Waals surface area contributed by atoms with Crippen LogP contribution in [0.3, 0.4) is 0 Å². The highest BCUT2D eigenvalue weighted by molar-refractivity contribution is 7.26. The molecule has 6 aromatic carbocycles. The van der Waals surface area contributed by atoms with Crippen molar-refractivity contribution in [1.82, 2.24) is 4.57 Å². The Bertz CT molecular complexity index is 2330. The van der Waals surface area contributed by atoms with E-state index >= 15 is 0 Å². The maximum absolute atomic E-state index is 6.42. The van der Waals surface area contributed by atoms with E-state index in [4.69, 9.17) is 9.31 Å². The fourth-order valence-electron chi connectivity index (χ4n) is 6.94. The molecule has 3 nitrogen and oxygen atoms in total. The van der Waals surface area contributed by atoms with Gasteiger partial charge >= 0.3 is 7.12 Å². The highest BCUT2D eigenvalue weighted by atomic mass is 32.1. The molecule has 190 valence electrons. The lowest BCUT2D eigenvalue weighted by Gasteiger charge is -2.32. The summed E-state index contributed by atoms with van der Waals surface area (Å²) in [6, 6.07) is 43.4. The summed E-state index contributed by atoms with van der Waals surface area (Å²) in [5.41, 5.74) is 9.17. The number of hydrogen-bond acceptors (Lipinski definition) is 3. The van der Waals surface area contributed by atoms with Gasteiger partial charge in [-0.15, -0.1) is 11.3 Å². The SMILES string of the molecule is c1ccc2c(c1)OB1Oc3ccccc3-c3cc(-n4c5ccccc5c5c6sc7ccccc7c6ccc54)cc-2c31. The average molecular weight is 541 g/mol. The first kappa shape index (κ1) is 21.8. The van der Waals surface area contributed by atoms with Crippen LogP contribution >= 0.6 is 11.3 Å². The highest BCUT2D eigenvalue weighted by Gasteiger charge is 2.41. The van der Waals surface area contributed by atoms with E-state index in [1.807, 2.05) is 35.6 Å². The van der Waals surface area contributed by atoms with Crippen molar-refractivity contribution in [1.29, 1.82) is 0 Å². The first-order chi connectivity index (χ1) is 20.3. The molecule has 0 fully saturated rings. The molecule has 0 N–H and O–H groups in total. The standard InChI is InChI=1S/C36H20BNO2S/c1-5-13-29-26(12-1)34-30(18-17-25-24-11-4-8-16-33(24)41-36(25)34)38(29)21-19-27-22-9-2-6-14-31(22)39-37-35(27)28(20-21)23-10-3-7-15-32(23)40-37/h1-20H. The minimum absolute atomic E-state index is 0.477. The summed E-state index contributed by atoms with van der Waals surface area (Å²) in [7, 11) is -0.477. The van der Waals surface area contributed by atoms with Gasteiger partial charge in [-0.3, -0.25) is 0 Å². The van der Waals surface area contributed by atoms with Gasteiger partial charge in [-0.2, -0.15) is 0 Å². The average Bonchev–Trinajstić information content (AvgIpc) is 3.57. The van der Waals surface area contributed by atoms with Crippen molar-refractivity contribution < 1.29 is 9.31 Å². The number of benzene rings is 6. The number of thiophene rings is 1. The van der Waals surface area contributed by atoms with Gasteiger partial charge in [-0.25, -0.2) is 0 Å². The van der Waals surface area contributed by atoms with Crippen LogP contribution in [0.1, 0.15) is 0 Å². The second-order valence-electron chi connectivity index (χ2n) is 10.8. The number of aromatic nitrogens is 1. The number of fused-ring (bicyclic) bond motifs is 11. The summed E-state index contributed by atoms with van der Waals surface area (Å²) in [6.07, 6.45) is 0. The second kappa shape index (κ2) is 7.81. The molecule has 0 atom stereocenters. The Kier molecular flexibility index (Phi) is 4.15. The zero-order chi connectivity index (χ0) is 26.7. The molecule has 0 amide bonds. The molecule has 2 aliphatic heterocycles. The summed E-state index contributed by atoms with van der Waals surface area (Å²) in [6.45, 7) is 0. The largest absolute Gasteiger partial charge is 0.633 e. The lowest BCUT2D eigenvalue weighted by atomic mass is 9.66. The molecule has 8 aromatic rings. The van der Waals surface area contributed by atoms with Crippen LogP contribution in [0, 0.1) is 0 Å². The molecule has 0 saturated heterocycles. The molecule has 5 heteroatoms. The van der Waals surface area contributed by atoms with Gasteiger partial charge in [-0.1, -0.05) is 78.9 Å². The number of nitrogens with zero attached hydrogens (tertiary/aromatic N) is 1. The predicted octanol–water partition coefficient (Wildman–Crippen LogP) is 8.97. The van der Waals surface area contributed by atoms with Crippen LogP contribution in [0.2, 0.25) is 0 Å². The lowest BCUT2D eigenvalue weighted by molar-refractivity contribution is 0.436. The van der Waals surface area contributed by atoms with Crippen molar-refractivity contribution >= 4 is 65.9 Å². The van der Waals surface area contributed by atoms with Crippen LogP contribution in [0.4, 0.5) is 0 Å². The van der Waals surface area contributed by atoms with E-state index in [1.165, 1.54) is 42.0 Å². The quantitative estimate of drug-likeness (QED) is 0.194. The predicted molar refractivity (Wildman–Crippen MR) is 171 cm³/mol. The Morgan fingerprint density at radius 2 is 1.17 bits per heavy atom. The van der Waals surface area contributed by atoms with Gasteiger partial charge in [0.2, 0.25) is 0 Å². The van der Waals surface area contributed by atoms with Crippen molar-refractivity contribution in [3.63, 3.8) is 0 Å². The van der Waals surface area contributed by atoms with Crippen molar-refractivity contribution in [3.8, 4) is 39.4 Å². The molecular formula is C36H20BNO2S. The van der Waals surface area contributed by atoms with Gasteiger partial charge in [-0.05, 0) is 53.6 Å². The van der Waals surface area contributed by atoms with Crippen LogP contribution in [0.25, 0.3) is 69.9 Å². The monoisotopic (exact) mass is 541 g/mol. The normalized spacial score (nSPS) is 13.2. The maximum atomic E-state index is 6.42. The van der Waals surface area contributed by atoms with Crippen LogP contribution in [0.5, 0.6) is 11.5 Å². The summed E-state index contributed by atoms with van der Waals surface area (Å²) in [5.74, 6) is 1.70. The van der Waals surface area contributed by atoms with E-state index in [9.17, 15) is 0 Å². The van der Waals surface area contributed by atoms with E-state index in [-0.39, 0.29) is 0 Å². The van der Waals surface area contributed by atoms with Crippen molar-refractivity contribution in [3.05, 3.63) is 121 Å². The molecule has 0 unspecified atom stereocenters. The third-order valence-corrected chi connectivity index (χ3v) is 9.87. The van der Waals surface area contributed by atoms with E-state index in [2.05, 4.69) is 102 Å². The molecule has 0 radical (unpaired) electrons. The molecule has 41 heavy (non-hydrogen) atoms.